The number of aliphatic hydroxyl groups is 1. The van der Waals surface area contributed by atoms with Crippen LogP contribution in [0.4, 0.5) is 4.79 Å². The van der Waals surface area contributed by atoms with Crippen LogP contribution in [0.1, 0.15) is 32.3 Å². The third-order valence-corrected chi connectivity index (χ3v) is 6.12. The van der Waals surface area contributed by atoms with Crippen molar-refractivity contribution >= 4 is 12.0 Å². The highest BCUT2D eigenvalue weighted by atomic mass is 16.6. The first-order valence-electron chi connectivity index (χ1n) is 11.1. The van der Waals surface area contributed by atoms with Gasteiger partial charge >= 0.3 is 6.09 Å². The maximum absolute atomic E-state index is 12.1. The van der Waals surface area contributed by atoms with Gasteiger partial charge in [0.05, 0.1) is 13.2 Å². The third-order valence-electron chi connectivity index (χ3n) is 6.12. The number of hydrogen-bond donors (Lipinski definition) is 1. The number of nitrogens with zero attached hydrogens (tertiary/aromatic N) is 3. The Hall–Kier alpha value is -2.32. The van der Waals surface area contributed by atoms with Gasteiger partial charge in [0.1, 0.15) is 18.0 Å². The Morgan fingerprint density at radius 1 is 1.06 bits per heavy atom. The van der Waals surface area contributed by atoms with Gasteiger partial charge in [-0.15, -0.1) is 0 Å². The number of piperidine rings is 1. The molecule has 2 aliphatic rings. The summed E-state index contributed by atoms with van der Waals surface area (Å²) >= 11 is 0. The predicted molar refractivity (Wildman–Crippen MR) is 117 cm³/mol. The molecule has 3 rings (SSSR count). The van der Waals surface area contributed by atoms with Gasteiger partial charge in [0.15, 0.2) is 0 Å². The summed E-state index contributed by atoms with van der Waals surface area (Å²) in [6, 6.07) is 7.96. The van der Waals surface area contributed by atoms with E-state index in [4.69, 9.17) is 9.47 Å². The lowest BCUT2D eigenvalue weighted by Crippen LogP contribution is -2.55. The van der Waals surface area contributed by atoms with E-state index in [-0.39, 0.29) is 31.2 Å². The van der Waals surface area contributed by atoms with Crippen molar-refractivity contribution in [3.05, 3.63) is 29.8 Å². The lowest BCUT2D eigenvalue weighted by molar-refractivity contribution is -0.132. The molecule has 0 bridgehead atoms. The van der Waals surface area contributed by atoms with Crippen LogP contribution in [0.5, 0.6) is 5.75 Å². The monoisotopic (exact) mass is 433 g/mol. The topological polar surface area (TPSA) is 82.6 Å². The van der Waals surface area contributed by atoms with E-state index in [9.17, 15) is 14.7 Å². The number of carbonyl (C=O) groups is 2. The maximum atomic E-state index is 12.1. The van der Waals surface area contributed by atoms with Gasteiger partial charge in [-0.25, -0.2) is 4.79 Å². The summed E-state index contributed by atoms with van der Waals surface area (Å²) in [6.07, 6.45) is 1.37. The Morgan fingerprint density at radius 3 is 2.35 bits per heavy atom. The molecule has 2 heterocycles. The van der Waals surface area contributed by atoms with Crippen LogP contribution >= 0.6 is 0 Å². The normalized spacial score (nSPS) is 23.4. The number of rotatable bonds is 5. The number of amides is 2. The van der Waals surface area contributed by atoms with Gasteiger partial charge in [-0.2, -0.15) is 0 Å². The predicted octanol–water partition coefficient (Wildman–Crippen LogP) is 1.89. The zero-order valence-corrected chi connectivity index (χ0v) is 18.9. The summed E-state index contributed by atoms with van der Waals surface area (Å²) in [6.45, 7) is 9.03. The van der Waals surface area contributed by atoms with Crippen molar-refractivity contribution in [3.63, 3.8) is 0 Å². The summed E-state index contributed by atoms with van der Waals surface area (Å²) in [4.78, 5) is 29.8. The molecule has 0 aromatic heterocycles. The number of carbonyl (C=O) groups excluding carboxylic acids is 2. The zero-order chi connectivity index (χ0) is 22.4. The quantitative estimate of drug-likeness (QED) is 0.764. The molecule has 1 aromatic rings. The fourth-order valence-electron chi connectivity index (χ4n) is 4.34. The maximum Gasteiger partial charge on any atom is 0.409 e. The second-order valence-corrected chi connectivity index (χ2v) is 8.65. The molecule has 1 N–H and O–H groups in total. The van der Waals surface area contributed by atoms with Crippen LogP contribution in [0.15, 0.2) is 24.3 Å². The van der Waals surface area contributed by atoms with Crippen LogP contribution in [-0.4, -0.2) is 95.9 Å². The van der Waals surface area contributed by atoms with Crippen molar-refractivity contribution in [1.82, 2.24) is 14.7 Å². The van der Waals surface area contributed by atoms with Crippen molar-refractivity contribution in [1.29, 1.82) is 0 Å². The van der Waals surface area contributed by atoms with E-state index in [1.807, 2.05) is 38.1 Å². The smallest absolute Gasteiger partial charge is 0.409 e. The summed E-state index contributed by atoms with van der Waals surface area (Å²) in [7, 11) is 0. The summed E-state index contributed by atoms with van der Waals surface area (Å²) < 4.78 is 11.0. The van der Waals surface area contributed by atoms with Gasteiger partial charge in [0, 0.05) is 45.7 Å². The van der Waals surface area contributed by atoms with Crippen LogP contribution in [-0.2, 0) is 9.53 Å². The van der Waals surface area contributed by atoms with Crippen molar-refractivity contribution in [2.24, 2.45) is 0 Å². The Kier molecular flexibility index (Phi) is 7.78. The minimum atomic E-state index is -1.18. The minimum Gasteiger partial charge on any atom is -0.490 e. The molecule has 31 heavy (non-hydrogen) atoms. The fraction of sp³-hybridized carbons (Fsp3) is 0.652. The Balaban J connectivity index is 1.65. The molecule has 8 nitrogen and oxygen atoms in total. The van der Waals surface area contributed by atoms with Gasteiger partial charge < -0.3 is 24.4 Å². The number of ether oxygens (including phenoxy) is 2. The zero-order valence-electron chi connectivity index (χ0n) is 18.9. The van der Waals surface area contributed by atoms with Crippen LogP contribution in [0.2, 0.25) is 0 Å². The average Bonchev–Trinajstić information content (AvgIpc) is 2.93. The van der Waals surface area contributed by atoms with E-state index < -0.39 is 5.60 Å². The molecule has 1 aromatic carbocycles. The molecule has 0 saturated carbocycles. The first-order chi connectivity index (χ1) is 14.8. The molecule has 0 radical (unpaired) electrons. The molecule has 2 saturated heterocycles. The average molecular weight is 434 g/mol. The summed E-state index contributed by atoms with van der Waals surface area (Å²) in [5, 5.41) is 11.5. The Morgan fingerprint density at radius 2 is 1.74 bits per heavy atom. The van der Waals surface area contributed by atoms with Crippen molar-refractivity contribution in [2.45, 2.75) is 45.3 Å². The van der Waals surface area contributed by atoms with Gasteiger partial charge in [0.2, 0.25) is 5.91 Å². The first kappa shape index (κ1) is 23.3. The molecule has 2 amide bonds. The molecule has 0 spiro atoms. The molecule has 1 unspecified atom stereocenters. The number of β-amino-alcohol motifs (C(OH)–C–C–N with tert-alkyl or cyclic N) is 1. The van der Waals surface area contributed by atoms with Gasteiger partial charge in [-0.3, -0.25) is 9.69 Å². The minimum absolute atomic E-state index is 0.0484. The van der Waals surface area contributed by atoms with E-state index in [2.05, 4.69) is 4.90 Å². The highest BCUT2D eigenvalue weighted by Gasteiger charge is 2.39. The van der Waals surface area contributed by atoms with Crippen LogP contribution in [0.3, 0.4) is 0 Å². The van der Waals surface area contributed by atoms with E-state index >= 15 is 0 Å². The molecule has 1 atom stereocenters. The number of hydrogen-bond acceptors (Lipinski definition) is 6. The highest BCUT2D eigenvalue weighted by molar-refractivity contribution is 5.73. The molecule has 2 aliphatic heterocycles. The van der Waals surface area contributed by atoms with E-state index in [0.29, 0.717) is 45.1 Å². The van der Waals surface area contributed by atoms with Gasteiger partial charge in [-0.05, 0) is 38.8 Å². The molecule has 0 aliphatic carbocycles. The van der Waals surface area contributed by atoms with Crippen LogP contribution < -0.4 is 4.74 Å². The van der Waals surface area contributed by atoms with Crippen molar-refractivity contribution in [2.75, 3.05) is 52.5 Å². The molecule has 8 heteroatoms. The number of benzene rings is 1. The number of aryl methyl sites for hydroxylation is 1. The third kappa shape index (κ3) is 6.33. The van der Waals surface area contributed by atoms with Crippen LogP contribution in [0, 0.1) is 6.92 Å². The van der Waals surface area contributed by atoms with Gasteiger partial charge in [0.25, 0.3) is 0 Å². The Bertz CT molecular complexity index is 748. The van der Waals surface area contributed by atoms with Gasteiger partial charge in [-0.1, -0.05) is 17.7 Å². The lowest BCUT2D eigenvalue weighted by atomic mass is 9.99. The second kappa shape index (κ2) is 10.3. The highest BCUT2D eigenvalue weighted by Crippen LogP contribution is 2.24. The molecular weight excluding hydrogens is 398 g/mol. The van der Waals surface area contributed by atoms with Crippen LogP contribution in [0.25, 0.3) is 0 Å². The van der Waals surface area contributed by atoms with Crippen molar-refractivity contribution in [3.8, 4) is 5.75 Å². The second-order valence-electron chi connectivity index (χ2n) is 8.65. The standard InChI is InChI=1S/C23H35N3O5/c1-4-30-22(28)24-11-9-20(10-12-24)26-14-13-25(19(3)27)15-23(29,16-26)17-31-21-7-5-18(2)6-8-21/h5-8,20,29H,4,9-17H2,1-3H3. The molecule has 2 fully saturated rings. The molecule has 172 valence electrons. The molecular formula is C23H35N3O5. The van der Waals surface area contributed by atoms with E-state index in [0.717, 1.165) is 18.4 Å². The van der Waals surface area contributed by atoms with E-state index in [1.54, 1.807) is 9.80 Å². The summed E-state index contributed by atoms with van der Waals surface area (Å²) in [5.41, 5.74) is -0.0330. The summed E-state index contributed by atoms with van der Waals surface area (Å²) in [5.74, 6) is 0.652. The van der Waals surface area contributed by atoms with Crippen molar-refractivity contribution < 1.29 is 24.2 Å². The Labute approximate surface area is 184 Å². The SMILES string of the molecule is CCOC(=O)N1CCC(N2CCN(C(C)=O)CC(O)(COc3ccc(C)cc3)C2)CC1. The fourth-order valence-corrected chi connectivity index (χ4v) is 4.34. The number of likely N-dealkylation sites (tertiary alicyclic amines) is 1. The lowest BCUT2D eigenvalue weighted by Gasteiger charge is -2.40. The first-order valence-corrected chi connectivity index (χ1v) is 11.1. The van der Waals surface area contributed by atoms with E-state index in [1.165, 1.54) is 6.92 Å². The largest absolute Gasteiger partial charge is 0.490 e.